The lowest BCUT2D eigenvalue weighted by Crippen LogP contribution is -2.18. The van der Waals surface area contributed by atoms with E-state index in [0.717, 1.165) is 0 Å². The zero-order valence-electron chi connectivity index (χ0n) is 13.5. The molecule has 0 bridgehead atoms. The van der Waals surface area contributed by atoms with E-state index in [1.165, 1.54) is 17.4 Å². The monoisotopic (exact) mass is 387 g/mol. The lowest BCUT2D eigenvalue weighted by atomic mass is 10.0. The molecule has 24 heavy (non-hydrogen) atoms. The van der Waals surface area contributed by atoms with Crippen LogP contribution in [-0.2, 0) is 19.6 Å². The van der Waals surface area contributed by atoms with E-state index in [0.29, 0.717) is 21.8 Å². The fourth-order valence-electron chi connectivity index (χ4n) is 2.20. The maximum atomic E-state index is 12.7. The number of sulfonamides is 1. The fourth-order valence-corrected chi connectivity index (χ4v) is 4.73. The fraction of sp³-hybridized carbons (Fsp3) is 0.312. The Hall–Kier alpha value is -1.57. The lowest BCUT2D eigenvalue weighted by molar-refractivity contribution is -0.144. The highest BCUT2D eigenvalue weighted by Gasteiger charge is 2.24. The van der Waals surface area contributed by atoms with Crippen molar-refractivity contribution in [1.29, 1.82) is 0 Å². The highest BCUT2D eigenvalue weighted by Crippen LogP contribution is 2.32. The Morgan fingerprint density at radius 3 is 2.75 bits per heavy atom. The Bertz CT molecular complexity index is 846. The summed E-state index contributed by atoms with van der Waals surface area (Å²) in [7, 11) is -3.81. The third-order valence-electron chi connectivity index (χ3n) is 3.55. The van der Waals surface area contributed by atoms with Crippen molar-refractivity contribution >= 4 is 44.6 Å². The first-order chi connectivity index (χ1) is 11.3. The van der Waals surface area contributed by atoms with Gasteiger partial charge < -0.3 is 4.74 Å². The van der Waals surface area contributed by atoms with Crippen molar-refractivity contribution in [3.63, 3.8) is 0 Å². The smallest absolute Gasteiger partial charge is 0.313 e. The second kappa shape index (κ2) is 7.55. The van der Waals surface area contributed by atoms with E-state index < -0.39 is 21.9 Å². The molecule has 5 nitrogen and oxygen atoms in total. The predicted octanol–water partition coefficient (Wildman–Crippen LogP) is 4.18. The molecule has 0 fully saturated rings. The van der Waals surface area contributed by atoms with E-state index in [-0.39, 0.29) is 11.5 Å². The van der Waals surface area contributed by atoms with Crippen LogP contribution in [0, 0.1) is 6.92 Å². The largest absolute Gasteiger partial charge is 0.466 e. The van der Waals surface area contributed by atoms with Crippen LogP contribution in [0.3, 0.4) is 0 Å². The van der Waals surface area contributed by atoms with E-state index in [9.17, 15) is 13.2 Å². The van der Waals surface area contributed by atoms with Gasteiger partial charge in [-0.2, -0.15) is 0 Å². The van der Waals surface area contributed by atoms with Gasteiger partial charge in [0, 0.05) is 16.0 Å². The molecule has 1 atom stereocenters. The first-order valence-corrected chi connectivity index (χ1v) is 10.1. The average Bonchev–Trinajstić information content (AvgIpc) is 2.96. The van der Waals surface area contributed by atoms with Crippen LogP contribution < -0.4 is 4.72 Å². The number of nitrogens with one attached hydrogen (secondary N) is 1. The number of carbonyl (C=O) groups is 1. The highest BCUT2D eigenvalue weighted by molar-refractivity contribution is 7.92. The first kappa shape index (κ1) is 18.8. The molecule has 0 aliphatic heterocycles. The molecule has 0 saturated heterocycles. The van der Waals surface area contributed by atoms with Crippen molar-refractivity contribution < 1.29 is 17.9 Å². The number of carbonyl (C=O) groups excluding carboxylic acids is 1. The summed E-state index contributed by atoms with van der Waals surface area (Å²) in [5.74, 6) is -0.954. The number of thiophene rings is 1. The Balaban J connectivity index is 2.34. The van der Waals surface area contributed by atoms with Crippen molar-refractivity contribution in [3.8, 4) is 0 Å². The van der Waals surface area contributed by atoms with Crippen LogP contribution in [0.2, 0.25) is 5.02 Å². The summed E-state index contributed by atoms with van der Waals surface area (Å²) in [4.78, 5) is 12.0. The SMILES string of the molecule is CCOC(=O)C(C)c1cscc1NS(=O)(=O)c1cccc(Cl)c1C. The zero-order valence-corrected chi connectivity index (χ0v) is 15.9. The number of hydrogen-bond acceptors (Lipinski definition) is 5. The molecule has 130 valence electrons. The van der Waals surface area contributed by atoms with Gasteiger partial charge in [-0.05, 0) is 43.8 Å². The summed E-state index contributed by atoms with van der Waals surface area (Å²) in [6.45, 7) is 5.33. The standard InChI is InChI=1S/C16H18ClNO4S2/c1-4-22-16(19)10(2)12-8-23-9-14(12)18-24(20,21)15-7-5-6-13(17)11(15)3/h5-10,18H,4H2,1-3H3. The molecule has 0 saturated carbocycles. The van der Waals surface area contributed by atoms with Crippen molar-refractivity contribution in [2.45, 2.75) is 31.6 Å². The van der Waals surface area contributed by atoms with E-state index in [1.54, 1.807) is 43.7 Å². The molecule has 8 heteroatoms. The van der Waals surface area contributed by atoms with Crippen LogP contribution in [0.1, 0.15) is 30.9 Å². The molecular formula is C16H18ClNO4S2. The molecule has 1 heterocycles. The Morgan fingerprint density at radius 1 is 1.38 bits per heavy atom. The van der Waals surface area contributed by atoms with Crippen LogP contribution in [0.5, 0.6) is 0 Å². The minimum absolute atomic E-state index is 0.107. The van der Waals surface area contributed by atoms with Crippen LogP contribution in [-0.4, -0.2) is 21.0 Å². The van der Waals surface area contributed by atoms with Gasteiger partial charge in [-0.1, -0.05) is 17.7 Å². The molecule has 0 amide bonds. The minimum atomic E-state index is -3.81. The number of rotatable bonds is 6. The van der Waals surface area contributed by atoms with Crippen LogP contribution >= 0.6 is 22.9 Å². The summed E-state index contributed by atoms with van der Waals surface area (Å²) in [5.41, 5.74) is 1.43. The van der Waals surface area contributed by atoms with Gasteiger partial charge >= 0.3 is 5.97 Å². The summed E-state index contributed by atoms with van der Waals surface area (Å²) < 4.78 is 32.9. The highest BCUT2D eigenvalue weighted by atomic mass is 35.5. The Kier molecular flexibility index (Phi) is 5.90. The molecule has 1 aromatic carbocycles. The van der Waals surface area contributed by atoms with Gasteiger partial charge in [0.25, 0.3) is 10.0 Å². The summed E-state index contributed by atoms with van der Waals surface area (Å²) in [5, 5.41) is 3.77. The van der Waals surface area contributed by atoms with Crippen molar-refractivity contribution in [1.82, 2.24) is 0 Å². The van der Waals surface area contributed by atoms with E-state index in [4.69, 9.17) is 16.3 Å². The molecule has 1 aromatic heterocycles. The first-order valence-electron chi connectivity index (χ1n) is 7.28. The number of halogens is 1. The maximum absolute atomic E-state index is 12.7. The Morgan fingerprint density at radius 2 is 2.08 bits per heavy atom. The molecule has 1 N–H and O–H groups in total. The van der Waals surface area contributed by atoms with Crippen molar-refractivity contribution in [2.75, 3.05) is 11.3 Å². The van der Waals surface area contributed by atoms with E-state index in [1.807, 2.05) is 0 Å². The number of anilines is 1. The predicted molar refractivity (Wildman–Crippen MR) is 96.4 cm³/mol. The van der Waals surface area contributed by atoms with Crippen molar-refractivity contribution in [3.05, 3.63) is 45.1 Å². The molecule has 2 rings (SSSR count). The molecule has 2 aromatic rings. The van der Waals surface area contributed by atoms with Gasteiger partial charge in [-0.3, -0.25) is 9.52 Å². The van der Waals surface area contributed by atoms with Crippen LogP contribution in [0.25, 0.3) is 0 Å². The molecule has 0 spiro atoms. The molecule has 0 aliphatic carbocycles. The molecular weight excluding hydrogens is 370 g/mol. The third kappa shape index (κ3) is 3.91. The van der Waals surface area contributed by atoms with Crippen LogP contribution in [0.4, 0.5) is 5.69 Å². The van der Waals surface area contributed by atoms with Gasteiger partial charge in [0.05, 0.1) is 23.1 Å². The maximum Gasteiger partial charge on any atom is 0.313 e. The average molecular weight is 388 g/mol. The number of esters is 1. The van der Waals surface area contributed by atoms with Gasteiger partial charge in [-0.25, -0.2) is 8.42 Å². The minimum Gasteiger partial charge on any atom is -0.466 e. The quantitative estimate of drug-likeness (QED) is 0.754. The number of benzene rings is 1. The molecule has 1 unspecified atom stereocenters. The van der Waals surface area contributed by atoms with E-state index >= 15 is 0 Å². The lowest BCUT2D eigenvalue weighted by Gasteiger charge is -2.14. The van der Waals surface area contributed by atoms with Crippen LogP contribution in [0.15, 0.2) is 33.9 Å². The van der Waals surface area contributed by atoms with Gasteiger partial charge in [-0.15, -0.1) is 11.3 Å². The topological polar surface area (TPSA) is 72.5 Å². The van der Waals surface area contributed by atoms with Gasteiger partial charge in [0.15, 0.2) is 0 Å². The molecule has 0 radical (unpaired) electrons. The summed E-state index contributed by atoms with van der Waals surface area (Å²) in [6.07, 6.45) is 0. The normalized spacial score (nSPS) is 12.7. The second-order valence-corrected chi connectivity index (χ2v) is 7.98. The second-order valence-electron chi connectivity index (χ2n) is 5.18. The number of hydrogen-bond donors (Lipinski definition) is 1. The van der Waals surface area contributed by atoms with Crippen molar-refractivity contribution in [2.24, 2.45) is 0 Å². The van der Waals surface area contributed by atoms with Gasteiger partial charge in [0.2, 0.25) is 0 Å². The van der Waals surface area contributed by atoms with E-state index in [2.05, 4.69) is 4.72 Å². The zero-order chi connectivity index (χ0) is 17.9. The Labute approximate surface area is 150 Å². The van der Waals surface area contributed by atoms with Gasteiger partial charge in [0.1, 0.15) is 0 Å². The summed E-state index contributed by atoms with van der Waals surface area (Å²) in [6, 6.07) is 4.71. The summed E-state index contributed by atoms with van der Waals surface area (Å²) >= 11 is 7.32. The third-order valence-corrected chi connectivity index (χ3v) is 6.23. The number of ether oxygens (including phenoxy) is 1. The molecule has 0 aliphatic rings.